The molecule has 1 aromatic rings. The molecule has 1 unspecified atom stereocenters. The van der Waals surface area contributed by atoms with Crippen LogP contribution < -0.4 is 11.1 Å². The molecular weight excluding hydrogens is 224 g/mol. The number of nitrogens with one attached hydrogen (secondary N) is 1. The first-order valence-corrected chi connectivity index (χ1v) is 5.17. The summed E-state index contributed by atoms with van der Waals surface area (Å²) in [6.45, 7) is 1.77. The fraction of sp³-hybridized carbons (Fsp3) is 0.500. The number of ether oxygens (including phenoxy) is 1. The van der Waals surface area contributed by atoms with Gasteiger partial charge in [-0.1, -0.05) is 6.92 Å². The Labute approximate surface area is 98.9 Å². The number of aryl methyl sites for hydroxylation is 1. The van der Waals surface area contributed by atoms with Crippen molar-refractivity contribution in [2.24, 2.45) is 7.05 Å². The van der Waals surface area contributed by atoms with Crippen molar-refractivity contribution in [1.29, 1.82) is 0 Å². The molecule has 0 aliphatic heterocycles. The van der Waals surface area contributed by atoms with Crippen LogP contribution in [0.1, 0.15) is 23.8 Å². The second-order valence-corrected chi connectivity index (χ2v) is 3.56. The number of nitrogens with zero attached hydrogens (tertiary/aromatic N) is 2. The average Bonchev–Trinajstić information content (AvgIpc) is 2.64. The summed E-state index contributed by atoms with van der Waals surface area (Å²) < 4.78 is 6.00. The molecule has 1 aromatic heterocycles. The molecule has 0 aliphatic carbocycles. The highest BCUT2D eigenvalue weighted by molar-refractivity contribution is 5.99. The third-order valence-electron chi connectivity index (χ3n) is 2.27. The van der Waals surface area contributed by atoms with Crippen LogP contribution >= 0.6 is 0 Å². The van der Waals surface area contributed by atoms with Gasteiger partial charge in [0.25, 0.3) is 5.91 Å². The van der Waals surface area contributed by atoms with Crippen molar-refractivity contribution in [2.45, 2.75) is 19.4 Å². The van der Waals surface area contributed by atoms with Gasteiger partial charge in [0, 0.05) is 13.2 Å². The third-order valence-corrected chi connectivity index (χ3v) is 2.27. The number of amides is 1. The molecule has 0 radical (unpaired) electrons. The number of carbonyl (C=O) groups excluding carboxylic acids is 2. The molecule has 0 saturated carbocycles. The standard InChI is InChI=1S/C10H16N4O3/c1-4-7(10(16)17-3)12-9(15)8-6(11)5-14(2)13-8/h5,7H,4,11H2,1-3H3,(H,12,15). The quantitative estimate of drug-likeness (QED) is 0.703. The Hall–Kier alpha value is -2.05. The Morgan fingerprint density at radius 3 is 2.71 bits per heavy atom. The number of aromatic nitrogens is 2. The number of hydrogen-bond donors (Lipinski definition) is 2. The Balaban J connectivity index is 2.78. The number of methoxy groups -OCH3 is 1. The van der Waals surface area contributed by atoms with Gasteiger partial charge in [-0.25, -0.2) is 4.79 Å². The summed E-state index contributed by atoms with van der Waals surface area (Å²) in [6.07, 6.45) is 1.96. The number of esters is 1. The lowest BCUT2D eigenvalue weighted by Gasteiger charge is -2.13. The van der Waals surface area contributed by atoms with E-state index < -0.39 is 17.9 Å². The summed E-state index contributed by atoms with van der Waals surface area (Å²) in [5, 5.41) is 6.43. The monoisotopic (exact) mass is 240 g/mol. The molecule has 94 valence electrons. The summed E-state index contributed by atoms with van der Waals surface area (Å²) in [7, 11) is 2.93. The molecule has 1 rings (SSSR count). The van der Waals surface area contributed by atoms with Gasteiger partial charge >= 0.3 is 5.97 Å². The predicted molar refractivity (Wildman–Crippen MR) is 61.2 cm³/mol. The van der Waals surface area contributed by atoms with E-state index >= 15 is 0 Å². The Kier molecular flexibility index (Phi) is 4.08. The number of hydrogen-bond acceptors (Lipinski definition) is 5. The minimum absolute atomic E-state index is 0.106. The van der Waals surface area contributed by atoms with E-state index in [1.54, 1.807) is 14.0 Å². The Morgan fingerprint density at radius 1 is 1.65 bits per heavy atom. The molecule has 0 fully saturated rings. The number of anilines is 1. The van der Waals surface area contributed by atoms with Gasteiger partial charge in [0.15, 0.2) is 5.69 Å². The van der Waals surface area contributed by atoms with E-state index in [9.17, 15) is 9.59 Å². The Bertz CT molecular complexity index is 427. The molecule has 1 amide bonds. The van der Waals surface area contributed by atoms with Gasteiger partial charge in [-0.3, -0.25) is 9.48 Å². The number of carbonyl (C=O) groups is 2. The normalized spacial score (nSPS) is 11.9. The van der Waals surface area contributed by atoms with Crippen LogP contribution in [0.4, 0.5) is 5.69 Å². The molecule has 0 aliphatic rings. The van der Waals surface area contributed by atoms with Crippen molar-refractivity contribution in [3.63, 3.8) is 0 Å². The SMILES string of the molecule is CCC(NC(=O)c1nn(C)cc1N)C(=O)OC. The summed E-state index contributed by atoms with van der Waals surface area (Å²) in [5.41, 5.74) is 5.98. The maximum atomic E-state index is 11.8. The third kappa shape index (κ3) is 2.96. The van der Waals surface area contributed by atoms with Crippen molar-refractivity contribution < 1.29 is 14.3 Å². The van der Waals surface area contributed by atoms with E-state index in [0.717, 1.165) is 0 Å². The molecule has 3 N–H and O–H groups in total. The van der Waals surface area contributed by atoms with Crippen LogP contribution in [-0.2, 0) is 16.6 Å². The van der Waals surface area contributed by atoms with E-state index in [1.165, 1.54) is 18.0 Å². The van der Waals surface area contributed by atoms with E-state index in [1.807, 2.05) is 0 Å². The summed E-state index contributed by atoms with van der Waals surface area (Å²) in [6, 6.07) is -0.686. The van der Waals surface area contributed by atoms with Crippen molar-refractivity contribution in [2.75, 3.05) is 12.8 Å². The topological polar surface area (TPSA) is 99.2 Å². The molecule has 7 nitrogen and oxygen atoms in total. The lowest BCUT2D eigenvalue weighted by atomic mass is 10.2. The zero-order valence-electron chi connectivity index (χ0n) is 10.1. The highest BCUT2D eigenvalue weighted by atomic mass is 16.5. The first-order valence-electron chi connectivity index (χ1n) is 5.17. The van der Waals surface area contributed by atoms with Crippen LogP contribution in [0, 0.1) is 0 Å². The zero-order chi connectivity index (χ0) is 13.0. The van der Waals surface area contributed by atoms with E-state index in [0.29, 0.717) is 6.42 Å². The molecule has 0 saturated heterocycles. The van der Waals surface area contributed by atoms with Crippen LogP contribution in [0.3, 0.4) is 0 Å². The summed E-state index contributed by atoms with van der Waals surface area (Å²) >= 11 is 0. The number of rotatable bonds is 4. The Morgan fingerprint density at radius 2 is 2.29 bits per heavy atom. The maximum absolute atomic E-state index is 11.8. The lowest BCUT2D eigenvalue weighted by Crippen LogP contribution is -2.41. The van der Waals surface area contributed by atoms with Gasteiger partial charge in [0.05, 0.1) is 12.8 Å². The van der Waals surface area contributed by atoms with Gasteiger partial charge in [-0.2, -0.15) is 5.10 Å². The fourth-order valence-electron chi connectivity index (χ4n) is 1.38. The highest BCUT2D eigenvalue weighted by Crippen LogP contribution is 2.08. The van der Waals surface area contributed by atoms with E-state index in [2.05, 4.69) is 15.2 Å². The molecular formula is C10H16N4O3. The molecule has 0 bridgehead atoms. The van der Waals surface area contributed by atoms with Crippen LogP contribution in [0.5, 0.6) is 0 Å². The van der Waals surface area contributed by atoms with Crippen LogP contribution in [0.15, 0.2) is 6.20 Å². The second kappa shape index (κ2) is 5.33. The average molecular weight is 240 g/mol. The van der Waals surface area contributed by atoms with Crippen molar-refractivity contribution in [3.05, 3.63) is 11.9 Å². The summed E-state index contributed by atoms with van der Waals surface area (Å²) in [4.78, 5) is 23.1. The fourth-order valence-corrected chi connectivity index (χ4v) is 1.38. The van der Waals surface area contributed by atoms with Gasteiger partial charge in [-0.15, -0.1) is 0 Å². The lowest BCUT2D eigenvalue weighted by molar-refractivity contribution is -0.142. The van der Waals surface area contributed by atoms with Crippen LogP contribution in [0.25, 0.3) is 0 Å². The smallest absolute Gasteiger partial charge is 0.328 e. The maximum Gasteiger partial charge on any atom is 0.328 e. The van der Waals surface area contributed by atoms with Gasteiger partial charge in [0.1, 0.15) is 6.04 Å². The van der Waals surface area contributed by atoms with Crippen LogP contribution in [-0.4, -0.2) is 34.8 Å². The van der Waals surface area contributed by atoms with Crippen molar-refractivity contribution in [3.8, 4) is 0 Å². The predicted octanol–water partition coefficient (Wildman–Crippen LogP) is -0.316. The van der Waals surface area contributed by atoms with Crippen molar-refractivity contribution in [1.82, 2.24) is 15.1 Å². The van der Waals surface area contributed by atoms with Gasteiger partial charge < -0.3 is 15.8 Å². The first-order chi connectivity index (χ1) is 7.99. The number of nitrogens with two attached hydrogens (primary N) is 1. The van der Waals surface area contributed by atoms with Crippen molar-refractivity contribution >= 4 is 17.6 Å². The summed E-state index contributed by atoms with van der Waals surface area (Å²) in [5.74, 6) is -0.976. The van der Waals surface area contributed by atoms with Crippen LogP contribution in [0.2, 0.25) is 0 Å². The molecule has 0 spiro atoms. The molecule has 0 aromatic carbocycles. The molecule has 1 heterocycles. The van der Waals surface area contributed by atoms with E-state index in [-0.39, 0.29) is 11.4 Å². The van der Waals surface area contributed by atoms with Gasteiger partial charge in [-0.05, 0) is 6.42 Å². The van der Waals surface area contributed by atoms with Gasteiger partial charge in [0.2, 0.25) is 0 Å². The molecule has 1 atom stereocenters. The number of nitrogen functional groups attached to an aromatic ring is 1. The first kappa shape index (κ1) is 13.0. The second-order valence-electron chi connectivity index (χ2n) is 3.56. The largest absolute Gasteiger partial charge is 0.467 e. The minimum atomic E-state index is -0.686. The van der Waals surface area contributed by atoms with E-state index in [4.69, 9.17) is 5.73 Å². The molecule has 17 heavy (non-hydrogen) atoms. The minimum Gasteiger partial charge on any atom is -0.467 e. The molecule has 7 heteroatoms. The zero-order valence-corrected chi connectivity index (χ0v) is 10.1. The highest BCUT2D eigenvalue weighted by Gasteiger charge is 2.22.